The average Bonchev–Trinajstić information content (AvgIpc) is 2.97. The standard InChI is InChI=1S/C21H14F3NO3/c22-21(23,24)28-13-8-9-18-16(10-13)17(11-19(26)27)20(25-18)15-7-3-5-12-4-1-2-6-14(12)15/h1-10,25H,11H2,(H,26,27). The number of rotatable bonds is 4. The summed E-state index contributed by atoms with van der Waals surface area (Å²) in [4.78, 5) is 14.6. The third-order valence-electron chi connectivity index (χ3n) is 4.50. The average molecular weight is 385 g/mol. The van der Waals surface area contributed by atoms with Crippen LogP contribution in [0.2, 0.25) is 0 Å². The smallest absolute Gasteiger partial charge is 0.481 e. The molecule has 1 aromatic heterocycles. The second-order valence-electron chi connectivity index (χ2n) is 6.33. The summed E-state index contributed by atoms with van der Waals surface area (Å²) < 4.78 is 41.7. The highest BCUT2D eigenvalue weighted by atomic mass is 19.4. The van der Waals surface area contributed by atoms with Crippen molar-refractivity contribution in [2.24, 2.45) is 0 Å². The van der Waals surface area contributed by atoms with Gasteiger partial charge in [0.05, 0.1) is 12.1 Å². The van der Waals surface area contributed by atoms with Crippen LogP contribution in [0.15, 0.2) is 60.7 Å². The third-order valence-corrected chi connectivity index (χ3v) is 4.50. The van der Waals surface area contributed by atoms with Gasteiger partial charge in [0.2, 0.25) is 0 Å². The van der Waals surface area contributed by atoms with E-state index in [1.54, 1.807) is 0 Å². The second kappa shape index (κ2) is 6.60. The number of hydrogen-bond acceptors (Lipinski definition) is 2. The van der Waals surface area contributed by atoms with Gasteiger partial charge in [-0.1, -0.05) is 42.5 Å². The van der Waals surface area contributed by atoms with Gasteiger partial charge in [-0.3, -0.25) is 4.79 Å². The maximum absolute atomic E-state index is 12.6. The number of alkyl halides is 3. The Morgan fingerprint density at radius 2 is 1.75 bits per heavy atom. The van der Waals surface area contributed by atoms with E-state index in [0.29, 0.717) is 22.2 Å². The molecule has 0 aliphatic carbocycles. The molecule has 7 heteroatoms. The Balaban J connectivity index is 1.96. The fourth-order valence-electron chi connectivity index (χ4n) is 3.43. The van der Waals surface area contributed by atoms with Crippen molar-refractivity contribution in [2.45, 2.75) is 12.8 Å². The third kappa shape index (κ3) is 3.38. The van der Waals surface area contributed by atoms with Gasteiger partial charge in [-0.2, -0.15) is 0 Å². The van der Waals surface area contributed by atoms with Crippen LogP contribution in [0.1, 0.15) is 5.56 Å². The minimum Gasteiger partial charge on any atom is -0.481 e. The van der Waals surface area contributed by atoms with Crippen molar-refractivity contribution in [1.29, 1.82) is 0 Å². The van der Waals surface area contributed by atoms with Gasteiger partial charge in [0, 0.05) is 16.5 Å². The minimum atomic E-state index is -4.82. The molecule has 142 valence electrons. The lowest BCUT2D eigenvalue weighted by Crippen LogP contribution is -2.17. The van der Waals surface area contributed by atoms with Gasteiger partial charge in [-0.05, 0) is 34.5 Å². The number of benzene rings is 3. The normalized spacial score (nSPS) is 11.8. The van der Waals surface area contributed by atoms with Crippen LogP contribution in [0, 0.1) is 0 Å². The molecule has 1 heterocycles. The number of fused-ring (bicyclic) bond motifs is 2. The molecule has 4 rings (SSSR count). The summed E-state index contributed by atoms with van der Waals surface area (Å²) in [5, 5.41) is 11.6. The number of halogens is 3. The summed E-state index contributed by atoms with van der Waals surface area (Å²) in [5.74, 6) is -1.47. The molecule has 0 unspecified atom stereocenters. The molecule has 0 fully saturated rings. The molecule has 0 amide bonds. The van der Waals surface area contributed by atoms with Gasteiger partial charge in [0.25, 0.3) is 0 Å². The molecular formula is C21H14F3NO3. The molecule has 0 bridgehead atoms. The van der Waals surface area contributed by atoms with E-state index >= 15 is 0 Å². The fourth-order valence-corrected chi connectivity index (χ4v) is 3.43. The number of aromatic nitrogens is 1. The first kappa shape index (κ1) is 17.9. The highest BCUT2D eigenvalue weighted by molar-refractivity contribution is 6.02. The SMILES string of the molecule is O=C(O)Cc1c(-c2cccc3ccccc23)[nH]c2ccc(OC(F)(F)F)cc12. The summed E-state index contributed by atoms with van der Waals surface area (Å²) in [6.45, 7) is 0. The Labute approximate surface area is 157 Å². The van der Waals surface area contributed by atoms with Crippen molar-refractivity contribution in [3.8, 4) is 17.0 Å². The lowest BCUT2D eigenvalue weighted by molar-refractivity contribution is -0.274. The monoisotopic (exact) mass is 385 g/mol. The first-order chi connectivity index (χ1) is 13.3. The predicted octanol–water partition coefficient (Wildman–Crippen LogP) is 5.51. The van der Waals surface area contributed by atoms with Gasteiger partial charge >= 0.3 is 12.3 Å². The molecule has 0 aliphatic rings. The van der Waals surface area contributed by atoms with Crippen molar-refractivity contribution < 1.29 is 27.8 Å². The molecule has 0 saturated heterocycles. The van der Waals surface area contributed by atoms with Gasteiger partial charge in [-0.25, -0.2) is 0 Å². The molecule has 2 N–H and O–H groups in total. The second-order valence-corrected chi connectivity index (χ2v) is 6.33. The van der Waals surface area contributed by atoms with Crippen molar-refractivity contribution in [2.75, 3.05) is 0 Å². The van der Waals surface area contributed by atoms with Gasteiger partial charge in [0.15, 0.2) is 0 Å². The Kier molecular flexibility index (Phi) is 4.22. The van der Waals surface area contributed by atoms with Crippen LogP contribution in [0.25, 0.3) is 32.9 Å². The maximum atomic E-state index is 12.6. The highest BCUT2D eigenvalue weighted by Crippen LogP contribution is 2.37. The number of H-pyrrole nitrogens is 1. The van der Waals surface area contributed by atoms with E-state index in [0.717, 1.165) is 16.3 Å². The van der Waals surface area contributed by atoms with Crippen LogP contribution in [0.5, 0.6) is 5.75 Å². The van der Waals surface area contributed by atoms with Crippen molar-refractivity contribution in [3.05, 3.63) is 66.2 Å². The number of nitrogens with one attached hydrogen (secondary N) is 1. The molecule has 4 nitrogen and oxygen atoms in total. The van der Waals surface area contributed by atoms with Crippen molar-refractivity contribution >= 4 is 27.6 Å². The van der Waals surface area contributed by atoms with Gasteiger partial charge < -0.3 is 14.8 Å². The van der Waals surface area contributed by atoms with E-state index in [4.69, 9.17) is 0 Å². The van der Waals surface area contributed by atoms with Crippen molar-refractivity contribution in [3.63, 3.8) is 0 Å². The zero-order valence-corrected chi connectivity index (χ0v) is 14.4. The molecule has 3 aromatic carbocycles. The van der Waals surface area contributed by atoms with E-state index in [1.807, 2.05) is 42.5 Å². The van der Waals surface area contributed by atoms with Gasteiger partial charge in [0.1, 0.15) is 5.75 Å². The van der Waals surface area contributed by atoms with Crippen LogP contribution in [-0.2, 0) is 11.2 Å². The highest BCUT2D eigenvalue weighted by Gasteiger charge is 2.31. The quantitative estimate of drug-likeness (QED) is 0.487. The number of ether oxygens (including phenoxy) is 1. The first-order valence-electron chi connectivity index (χ1n) is 8.42. The molecular weight excluding hydrogens is 371 g/mol. The largest absolute Gasteiger partial charge is 0.573 e. The molecule has 0 saturated carbocycles. The molecule has 4 aromatic rings. The number of carboxylic acids is 1. The summed E-state index contributed by atoms with van der Waals surface area (Å²) in [7, 11) is 0. The number of aromatic amines is 1. The van der Waals surface area contributed by atoms with Crippen LogP contribution in [0.4, 0.5) is 13.2 Å². The summed E-state index contributed by atoms with van der Waals surface area (Å²) in [6, 6.07) is 17.1. The number of carbonyl (C=O) groups is 1. The summed E-state index contributed by atoms with van der Waals surface area (Å²) in [5.41, 5.74) is 2.29. The fraction of sp³-hybridized carbons (Fsp3) is 0.0952. The van der Waals surface area contributed by atoms with E-state index in [2.05, 4.69) is 9.72 Å². The Morgan fingerprint density at radius 3 is 2.50 bits per heavy atom. The molecule has 0 aliphatic heterocycles. The van der Waals surface area contributed by atoms with E-state index < -0.39 is 18.1 Å². The zero-order chi connectivity index (χ0) is 19.9. The Bertz CT molecular complexity index is 1190. The summed E-state index contributed by atoms with van der Waals surface area (Å²) >= 11 is 0. The van der Waals surface area contributed by atoms with E-state index in [9.17, 15) is 23.1 Å². The minimum absolute atomic E-state index is 0.339. The number of aliphatic carboxylic acids is 1. The topological polar surface area (TPSA) is 62.3 Å². The lowest BCUT2D eigenvalue weighted by atomic mass is 9.97. The van der Waals surface area contributed by atoms with E-state index in [1.165, 1.54) is 18.2 Å². The van der Waals surface area contributed by atoms with E-state index in [-0.39, 0.29) is 6.42 Å². The van der Waals surface area contributed by atoms with Crippen LogP contribution in [0.3, 0.4) is 0 Å². The predicted molar refractivity (Wildman–Crippen MR) is 99.3 cm³/mol. The molecule has 0 radical (unpaired) electrons. The number of carboxylic acid groups (broad SMARTS) is 1. The number of hydrogen-bond donors (Lipinski definition) is 2. The molecule has 0 atom stereocenters. The molecule has 0 spiro atoms. The Morgan fingerprint density at radius 1 is 1.00 bits per heavy atom. The molecule has 28 heavy (non-hydrogen) atoms. The van der Waals surface area contributed by atoms with Crippen LogP contribution < -0.4 is 4.74 Å². The maximum Gasteiger partial charge on any atom is 0.573 e. The summed E-state index contributed by atoms with van der Waals surface area (Å²) in [6.07, 6.45) is -5.16. The zero-order valence-electron chi connectivity index (χ0n) is 14.4. The van der Waals surface area contributed by atoms with Crippen LogP contribution >= 0.6 is 0 Å². The van der Waals surface area contributed by atoms with Gasteiger partial charge in [-0.15, -0.1) is 13.2 Å². The Hall–Kier alpha value is -3.48. The first-order valence-corrected chi connectivity index (χ1v) is 8.42. The lowest BCUT2D eigenvalue weighted by Gasteiger charge is -2.09. The van der Waals surface area contributed by atoms with Crippen LogP contribution in [-0.4, -0.2) is 22.4 Å². The van der Waals surface area contributed by atoms with Crippen molar-refractivity contribution in [1.82, 2.24) is 4.98 Å².